The number of hydrogen-bond acceptors (Lipinski definition) is 6. The minimum Gasteiger partial charge on any atom is -0.489 e. The van der Waals surface area contributed by atoms with Gasteiger partial charge in [0.15, 0.2) is 5.96 Å². The molecule has 1 aromatic carbocycles. The number of para-hydroxylation sites is 1. The van der Waals surface area contributed by atoms with E-state index in [1.807, 2.05) is 58.0 Å². The molecule has 0 spiro atoms. The fourth-order valence-corrected chi connectivity index (χ4v) is 3.23. The third-order valence-corrected chi connectivity index (χ3v) is 4.49. The van der Waals surface area contributed by atoms with Crippen LogP contribution >= 0.6 is 24.0 Å². The smallest absolute Gasteiger partial charge is 0.410 e. The Bertz CT molecular complexity index is 678. The molecular weight excluding hydrogens is 471 g/mol. The number of piperazine rings is 1. The number of hydrogen-bond donors (Lipinski definition) is 1. The van der Waals surface area contributed by atoms with E-state index in [0.29, 0.717) is 26.2 Å². The van der Waals surface area contributed by atoms with E-state index >= 15 is 0 Å². The molecular formula is C20H31IN4O3. The Labute approximate surface area is 184 Å². The molecule has 2 unspecified atom stereocenters. The number of carbonyl (C=O) groups is 1. The number of benzene rings is 1. The lowest BCUT2D eigenvalue weighted by Gasteiger charge is -2.39. The summed E-state index contributed by atoms with van der Waals surface area (Å²) in [6, 6.07) is 10.0. The zero-order valence-corrected chi connectivity index (χ0v) is 19.4. The Kier molecular flexibility index (Phi) is 7.79. The maximum atomic E-state index is 12.3. The lowest BCUT2D eigenvalue weighted by molar-refractivity contribution is 0.0137. The molecule has 156 valence electrons. The van der Waals surface area contributed by atoms with Crippen LogP contribution in [-0.4, -0.2) is 72.3 Å². The van der Waals surface area contributed by atoms with E-state index in [4.69, 9.17) is 9.47 Å². The standard InChI is InChI=1S/C20H30N4O3.HI/c1-15(26-17-8-6-5-7-9-17)12-21-18-22-13-16-14-23(10-11-24(16)18)19(25)27-20(2,3)4;/h5-9,15-16H,10-14H2,1-4H3,(H,21,22);1H. The number of carbonyl (C=O) groups excluding carboxylic acids is 1. The number of aliphatic imine (C=N–C) groups is 1. The average Bonchev–Trinajstić information content (AvgIpc) is 3.01. The van der Waals surface area contributed by atoms with Crippen LogP contribution in [0.25, 0.3) is 0 Å². The molecule has 8 heteroatoms. The molecule has 1 N–H and O–H groups in total. The summed E-state index contributed by atoms with van der Waals surface area (Å²) in [5, 5.41) is 3.40. The van der Waals surface area contributed by atoms with Crippen molar-refractivity contribution in [3.63, 3.8) is 0 Å². The fourth-order valence-electron chi connectivity index (χ4n) is 3.23. The number of guanidine groups is 1. The molecule has 1 fully saturated rings. The predicted octanol–water partition coefficient (Wildman–Crippen LogP) is 2.95. The molecule has 3 rings (SSSR count). The summed E-state index contributed by atoms with van der Waals surface area (Å²) in [6.07, 6.45) is -0.217. The summed E-state index contributed by atoms with van der Waals surface area (Å²) in [6.45, 7) is 11.1. The molecule has 1 amide bonds. The van der Waals surface area contributed by atoms with Crippen molar-refractivity contribution in [1.29, 1.82) is 0 Å². The minimum atomic E-state index is -0.470. The van der Waals surface area contributed by atoms with Crippen LogP contribution in [0.1, 0.15) is 27.7 Å². The molecule has 28 heavy (non-hydrogen) atoms. The van der Waals surface area contributed by atoms with Gasteiger partial charge in [-0.05, 0) is 39.8 Å². The van der Waals surface area contributed by atoms with Gasteiger partial charge in [0.2, 0.25) is 0 Å². The van der Waals surface area contributed by atoms with Gasteiger partial charge in [0.25, 0.3) is 0 Å². The largest absolute Gasteiger partial charge is 0.489 e. The van der Waals surface area contributed by atoms with Crippen molar-refractivity contribution in [2.45, 2.75) is 45.4 Å². The highest BCUT2D eigenvalue weighted by atomic mass is 127. The van der Waals surface area contributed by atoms with Crippen LogP contribution < -0.4 is 10.1 Å². The van der Waals surface area contributed by atoms with Gasteiger partial charge in [-0.2, -0.15) is 0 Å². The SMILES string of the molecule is CC(CNC1=NCC2CN(C(=O)OC(C)(C)C)CCN12)Oc1ccccc1.I. The van der Waals surface area contributed by atoms with Gasteiger partial charge in [0.05, 0.1) is 19.1 Å². The first kappa shape index (κ1) is 22.6. The van der Waals surface area contributed by atoms with Crippen molar-refractivity contribution < 1.29 is 14.3 Å². The first-order chi connectivity index (χ1) is 12.8. The quantitative estimate of drug-likeness (QED) is 0.642. The number of halogens is 1. The fraction of sp³-hybridized carbons (Fsp3) is 0.600. The second-order valence-electron chi connectivity index (χ2n) is 8.06. The van der Waals surface area contributed by atoms with E-state index in [9.17, 15) is 4.79 Å². The van der Waals surface area contributed by atoms with Gasteiger partial charge in [-0.15, -0.1) is 24.0 Å². The summed E-state index contributed by atoms with van der Waals surface area (Å²) >= 11 is 0. The van der Waals surface area contributed by atoms with E-state index in [0.717, 1.165) is 18.3 Å². The van der Waals surface area contributed by atoms with Crippen molar-refractivity contribution in [2.75, 3.05) is 32.7 Å². The van der Waals surface area contributed by atoms with E-state index < -0.39 is 5.60 Å². The highest BCUT2D eigenvalue weighted by molar-refractivity contribution is 14.0. The summed E-state index contributed by atoms with van der Waals surface area (Å²) in [5.41, 5.74) is -0.470. The van der Waals surface area contributed by atoms with Gasteiger partial charge >= 0.3 is 6.09 Å². The lowest BCUT2D eigenvalue weighted by atomic mass is 10.2. The first-order valence-corrected chi connectivity index (χ1v) is 9.56. The molecule has 0 aromatic heterocycles. The van der Waals surface area contributed by atoms with Gasteiger partial charge < -0.3 is 24.6 Å². The third-order valence-electron chi connectivity index (χ3n) is 4.49. The highest BCUT2D eigenvalue weighted by Crippen LogP contribution is 2.19. The molecule has 0 bridgehead atoms. The molecule has 1 aromatic rings. The zero-order valence-electron chi connectivity index (χ0n) is 17.1. The Morgan fingerprint density at radius 3 is 2.68 bits per heavy atom. The normalized spacial score (nSPS) is 19.9. The maximum absolute atomic E-state index is 12.3. The second-order valence-corrected chi connectivity index (χ2v) is 8.06. The van der Waals surface area contributed by atoms with Crippen molar-refractivity contribution >= 4 is 36.0 Å². The van der Waals surface area contributed by atoms with Gasteiger partial charge in [-0.3, -0.25) is 4.99 Å². The third kappa shape index (κ3) is 6.15. The average molecular weight is 502 g/mol. The second kappa shape index (κ2) is 9.67. The summed E-state index contributed by atoms with van der Waals surface area (Å²) in [4.78, 5) is 20.9. The van der Waals surface area contributed by atoms with Crippen LogP contribution in [0.15, 0.2) is 35.3 Å². The van der Waals surface area contributed by atoms with E-state index in [1.165, 1.54) is 0 Å². The van der Waals surface area contributed by atoms with Gasteiger partial charge in [-0.1, -0.05) is 18.2 Å². The van der Waals surface area contributed by atoms with Crippen molar-refractivity contribution in [2.24, 2.45) is 4.99 Å². The molecule has 2 atom stereocenters. The Balaban J connectivity index is 0.00000280. The number of amides is 1. The molecule has 7 nitrogen and oxygen atoms in total. The van der Waals surface area contributed by atoms with E-state index in [-0.39, 0.29) is 42.2 Å². The Morgan fingerprint density at radius 2 is 2.00 bits per heavy atom. The summed E-state index contributed by atoms with van der Waals surface area (Å²) in [7, 11) is 0. The van der Waals surface area contributed by atoms with Crippen LogP contribution in [0.2, 0.25) is 0 Å². The minimum absolute atomic E-state index is 0. The molecule has 2 aliphatic heterocycles. The van der Waals surface area contributed by atoms with Crippen LogP contribution in [0.4, 0.5) is 4.79 Å². The predicted molar refractivity (Wildman–Crippen MR) is 121 cm³/mol. The Hall–Kier alpha value is -1.71. The number of rotatable bonds is 4. The highest BCUT2D eigenvalue weighted by Gasteiger charge is 2.36. The monoisotopic (exact) mass is 502 g/mol. The van der Waals surface area contributed by atoms with Gasteiger partial charge in [0, 0.05) is 19.6 Å². The molecule has 2 aliphatic rings. The molecule has 0 aliphatic carbocycles. The van der Waals surface area contributed by atoms with Crippen LogP contribution in [0, 0.1) is 0 Å². The first-order valence-electron chi connectivity index (χ1n) is 9.56. The zero-order chi connectivity index (χ0) is 19.4. The van der Waals surface area contributed by atoms with E-state index in [2.05, 4.69) is 15.2 Å². The van der Waals surface area contributed by atoms with Crippen LogP contribution in [0.3, 0.4) is 0 Å². The number of fused-ring (bicyclic) bond motifs is 1. The van der Waals surface area contributed by atoms with Crippen molar-refractivity contribution in [1.82, 2.24) is 15.1 Å². The van der Waals surface area contributed by atoms with Gasteiger partial charge in [0.1, 0.15) is 17.5 Å². The maximum Gasteiger partial charge on any atom is 0.410 e. The molecule has 0 radical (unpaired) electrons. The number of ether oxygens (including phenoxy) is 2. The molecule has 0 saturated carbocycles. The lowest BCUT2D eigenvalue weighted by Crippen LogP contribution is -2.58. The Morgan fingerprint density at radius 1 is 1.29 bits per heavy atom. The number of nitrogens with zero attached hydrogens (tertiary/aromatic N) is 3. The summed E-state index contributed by atoms with van der Waals surface area (Å²) < 4.78 is 11.4. The van der Waals surface area contributed by atoms with Crippen molar-refractivity contribution in [3.05, 3.63) is 30.3 Å². The molecule has 2 heterocycles. The summed E-state index contributed by atoms with van der Waals surface area (Å²) in [5.74, 6) is 1.76. The van der Waals surface area contributed by atoms with E-state index in [1.54, 1.807) is 4.90 Å². The van der Waals surface area contributed by atoms with Crippen molar-refractivity contribution in [3.8, 4) is 5.75 Å². The van der Waals surface area contributed by atoms with Gasteiger partial charge in [-0.25, -0.2) is 4.79 Å². The van der Waals surface area contributed by atoms with Crippen LogP contribution in [0.5, 0.6) is 5.75 Å². The number of nitrogens with one attached hydrogen (secondary N) is 1. The topological polar surface area (TPSA) is 66.4 Å². The van der Waals surface area contributed by atoms with Crippen LogP contribution in [-0.2, 0) is 4.74 Å². The molecule has 1 saturated heterocycles.